The molecule has 5 nitrogen and oxygen atoms in total. The van der Waals surface area contributed by atoms with Crippen LogP contribution >= 0.6 is 0 Å². The quantitative estimate of drug-likeness (QED) is 0.512. The number of unbranched alkanes of at least 4 members (excludes halogenated alkanes) is 1. The molecule has 0 aromatic heterocycles. The molecule has 0 saturated carbocycles. The van der Waals surface area contributed by atoms with Crippen LogP contribution in [-0.4, -0.2) is 45.9 Å². The Labute approximate surface area is 110 Å². The number of hydrogen-bond donors (Lipinski definition) is 2. The summed E-state index contributed by atoms with van der Waals surface area (Å²) < 4.78 is 10.2. The van der Waals surface area contributed by atoms with E-state index in [1.165, 1.54) is 0 Å². The summed E-state index contributed by atoms with van der Waals surface area (Å²) in [6, 6.07) is 0. The van der Waals surface area contributed by atoms with Crippen molar-refractivity contribution in [3.05, 3.63) is 0 Å². The average molecular weight is 260 g/mol. The monoisotopic (exact) mass is 260 g/mol. The first-order valence-electron chi connectivity index (χ1n) is 6.76. The second-order valence-corrected chi connectivity index (χ2v) is 4.44. The van der Waals surface area contributed by atoms with E-state index < -0.39 is 0 Å². The highest BCUT2D eigenvalue weighted by Gasteiger charge is 2.10. The van der Waals surface area contributed by atoms with Crippen LogP contribution in [0.5, 0.6) is 0 Å². The van der Waals surface area contributed by atoms with Gasteiger partial charge in [0, 0.05) is 26.2 Å². The van der Waals surface area contributed by atoms with Gasteiger partial charge in [-0.25, -0.2) is 0 Å². The highest BCUT2D eigenvalue weighted by atomic mass is 16.5. The van der Waals surface area contributed by atoms with Crippen LogP contribution in [0.25, 0.3) is 0 Å². The van der Waals surface area contributed by atoms with Crippen molar-refractivity contribution in [1.29, 1.82) is 0 Å². The molecule has 108 valence electrons. The van der Waals surface area contributed by atoms with Gasteiger partial charge in [0.2, 0.25) is 5.91 Å². The van der Waals surface area contributed by atoms with Gasteiger partial charge in [-0.15, -0.1) is 0 Å². The highest BCUT2D eigenvalue weighted by Crippen LogP contribution is 2.04. The molecule has 0 saturated heterocycles. The Morgan fingerprint density at radius 1 is 1.22 bits per heavy atom. The van der Waals surface area contributed by atoms with Crippen LogP contribution < -0.4 is 11.1 Å². The van der Waals surface area contributed by atoms with Gasteiger partial charge in [0.25, 0.3) is 0 Å². The number of ether oxygens (including phenoxy) is 2. The average Bonchev–Trinajstić information content (AvgIpc) is 2.38. The Bertz CT molecular complexity index is 201. The molecule has 1 atom stereocenters. The minimum Gasteiger partial charge on any atom is -0.382 e. The number of carbonyl (C=O) groups is 1. The molecule has 0 aliphatic carbocycles. The topological polar surface area (TPSA) is 73.6 Å². The van der Waals surface area contributed by atoms with Gasteiger partial charge in [0.15, 0.2) is 0 Å². The Kier molecular flexibility index (Phi) is 12.3. The third-order valence-corrected chi connectivity index (χ3v) is 2.74. The first kappa shape index (κ1) is 17.4. The molecule has 0 heterocycles. The highest BCUT2D eigenvalue weighted by molar-refractivity contribution is 5.78. The molecule has 0 radical (unpaired) electrons. The smallest absolute Gasteiger partial charge is 0.222 e. The maximum Gasteiger partial charge on any atom is 0.222 e. The van der Waals surface area contributed by atoms with Crippen LogP contribution in [-0.2, 0) is 14.3 Å². The summed E-state index contributed by atoms with van der Waals surface area (Å²) in [5.41, 5.74) is 5.41. The lowest BCUT2D eigenvalue weighted by atomic mass is 10.1. The Hall–Kier alpha value is -0.650. The number of methoxy groups -OCH3 is 1. The SMILES string of the molecule is COCCOCCCCNC(=O)C(C)CCCN. The Morgan fingerprint density at radius 2 is 2.00 bits per heavy atom. The fraction of sp³-hybridized carbons (Fsp3) is 0.923. The molecule has 0 aliphatic heterocycles. The van der Waals surface area contributed by atoms with Crippen molar-refractivity contribution in [2.75, 3.05) is 40.0 Å². The molecule has 5 heteroatoms. The van der Waals surface area contributed by atoms with E-state index >= 15 is 0 Å². The Morgan fingerprint density at radius 3 is 2.67 bits per heavy atom. The molecule has 18 heavy (non-hydrogen) atoms. The summed E-state index contributed by atoms with van der Waals surface area (Å²) in [5, 5.41) is 2.93. The van der Waals surface area contributed by atoms with Crippen LogP contribution in [0.1, 0.15) is 32.6 Å². The molecule has 0 aromatic rings. The zero-order chi connectivity index (χ0) is 13.6. The van der Waals surface area contributed by atoms with Crippen molar-refractivity contribution >= 4 is 5.91 Å². The van der Waals surface area contributed by atoms with Crippen molar-refractivity contribution in [3.63, 3.8) is 0 Å². The first-order chi connectivity index (χ1) is 8.72. The molecular weight excluding hydrogens is 232 g/mol. The second kappa shape index (κ2) is 12.8. The summed E-state index contributed by atoms with van der Waals surface area (Å²) in [7, 11) is 1.66. The molecule has 0 fully saturated rings. The minimum atomic E-state index is 0.0616. The predicted octanol–water partition coefficient (Wildman–Crippen LogP) is 0.921. The molecule has 0 aromatic carbocycles. The standard InChI is InChI=1S/C13H28N2O3/c1-12(6-5-7-14)13(16)15-8-3-4-9-18-11-10-17-2/h12H,3-11,14H2,1-2H3,(H,15,16). The van der Waals surface area contributed by atoms with E-state index in [0.717, 1.165) is 38.8 Å². The van der Waals surface area contributed by atoms with E-state index in [1.54, 1.807) is 7.11 Å². The molecule has 1 unspecified atom stereocenters. The van der Waals surface area contributed by atoms with Crippen molar-refractivity contribution < 1.29 is 14.3 Å². The number of rotatable bonds is 12. The van der Waals surface area contributed by atoms with Crippen molar-refractivity contribution in [1.82, 2.24) is 5.32 Å². The van der Waals surface area contributed by atoms with Gasteiger partial charge in [0.05, 0.1) is 13.2 Å². The van der Waals surface area contributed by atoms with E-state index in [1.807, 2.05) is 6.92 Å². The molecular formula is C13H28N2O3. The van der Waals surface area contributed by atoms with Crippen molar-refractivity contribution in [2.24, 2.45) is 11.7 Å². The van der Waals surface area contributed by atoms with Crippen LogP contribution in [0.2, 0.25) is 0 Å². The lowest BCUT2D eigenvalue weighted by Gasteiger charge is -2.11. The largest absolute Gasteiger partial charge is 0.382 e. The molecule has 0 rings (SSSR count). The zero-order valence-corrected chi connectivity index (χ0v) is 11.7. The van der Waals surface area contributed by atoms with E-state index in [9.17, 15) is 4.79 Å². The number of nitrogens with two attached hydrogens (primary N) is 1. The minimum absolute atomic E-state index is 0.0616. The summed E-state index contributed by atoms with van der Waals surface area (Å²) >= 11 is 0. The van der Waals surface area contributed by atoms with Crippen LogP contribution in [0.15, 0.2) is 0 Å². The van der Waals surface area contributed by atoms with Crippen LogP contribution in [0.4, 0.5) is 0 Å². The molecule has 0 spiro atoms. The third-order valence-electron chi connectivity index (χ3n) is 2.74. The number of nitrogens with one attached hydrogen (secondary N) is 1. The van der Waals surface area contributed by atoms with Gasteiger partial charge in [0.1, 0.15) is 0 Å². The van der Waals surface area contributed by atoms with Crippen LogP contribution in [0.3, 0.4) is 0 Å². The lowest BCUT2D eigenvalue weighted by molar-refractivity contribution is -0.124. The summed E-state index contributed by atoms with van der Waals surface area (Å²) in [4.78, 5) is 11.6. The van der Waals surface area contributed by atoms with E-state index in [-0.39, 0.29) is 11.8 Å². The first-order valence-corrected chi connectivity index (χ1v) is 6.76. The Balaban J connectivity index is 3.29. The third kappa shape index (κ3) is 10.5. The second-order valence-electron chi connectivity index (χ2n) is 4.44. The van der Waals surface area contributed by atoms with Gasteiger partial charge in [-0.1, -0.05) is 6.92 Å². The van der Waals surface area contributed by atoms with E-state index in [0.29, 0.717) is 19.8 Å². The summed E-state index contributed by atoms with van der Waals surface area (Å²) in [6.07, 6.45) is 3.67. The number of amides is 1. The van der Waals surface area contributed by atoms with Crippen molar-refractivity contribution in [3.8, 4) is 0 Å². The number of hydrogen-bond acceptors (Lipinski definition) is 4. The lowest BCUT2D eigenvalue weighted by Crippen LogP contribution is -2.30. The molecule has 0 aliphatic rings. The fourth-order valence-electron chi connectivity index (χ4n) is 1.51. The van der Waals surface area contributed by atoms with Gasteiger partial charge in [-0.05, 0) is 32.2 Å². The maximum atomic E-state index is 11.6. The summed E-state index contributed by atoms with van der Waals surface area (Å²) in [6.45, 7) is 5.31. The zero-order valence-electron chi connectivity index (χ0n) is 11.7. The molecule has 1 amide bonds. The predicted molar refractivity (Wildman–Crippen MR) is 72.4 cm³/mol. The van der Waals surface area contributed by atoms with E-state index in [4.69, 9.17) is 15.2 Å². The van der Waals surface area contributed by atoms with Crippen molar-refractivity contribution in [2.45, 2.75) is 32.6 Å². The number of carbonyl (C=O) groups excluding carboxylic acids is 1. The fourth-order valence-corrected chi connectivity index (χ4v) is 1.51. The van der Waals surface area contributed by atoms with Gasteiger partial charge in [-0.3, -0.25) is 4.79 Å². The van der Waals surface area contributed by atoms with Gasteiger partial charge >= 0.3 is 0 Å². The molecule has 0 bridgehead atoms. The molecule has 3 N–H and O–H groups in total. The van der Waals surface area contributed by atoms with Gasteiger partial charge in [-0.2, -0.15) is 0 Å². The van der Waals surface area contributed by atoms with Gasteiger partial charge < -0.3 is 20.5 Å². The maximum absolute atomic E-state index is 11.6. The summed E-state index contributed by atoms with van der Waals surface area (Å²) in [5.74, 6) is 0.190. The van der Waals surface area contributed by atoms with E-state index in [2.05, 4.69) is 5.32 Å². The normalized spacial score (nSPS) is 12.4. The van der Waals surface area contributed by atoms with Crippen LogP contribution in [0, 0.1) is 5.92 Å².